The van der Waals surface area contributed by atoms with Crippen molar-refractivity contribution in [2.75, 3.05) is 0 Å². The summed E-state index contributed by atoms with van der Waals surface area (Å²) in [5.41, 5.74) is 0. The highest BCUT2D eigenvalue weighted by atomic mass is 16.4. The first-order valence-electron chi connectivity index (χ1n) is 5.57. The van der Waals surface area contributed by atoms with Gasteiger partial charge in [-0.1, -0.05) is 31.4 Å². The molecule has 0 aromatic carbocycles. The van der Waals surface area contributed by atoms with Crippen LogP contribution in [-0.2, 0) is 9.59 Å². The zero-order valence-electron chi connectivity index (χ0n) is 9.39. The molecule has 2 N–H and O–H groups in total. The van der Waals surface area contributed by atoms with E-state index in [-0.39, 0.29) is 6.42 Å². The molecular formula is C12H19O4. The lowest BCUT2D eigenvalue weighted by Crippen LogP contribution is -1.93. The lowest BCUT2D eigenvalue weighted by molar-refractivity contribution is -0.137. The SMILES string of the molecule is O=C(O)[CH]C=CCCCCCCCC(=O)O. The number of rotatable bonds is 10. The van der Waals surface area contributed by atoms with Gasteiger partial charge in [0.25, 0.3) is 0 Å². The third-order valence-electron chi connectivity index (χ3n) is 2.14. The van der Waals surface area contributed by atoms with E-state index >= 15 is 0 Å². The quantitative estimate of drug-likeness (QED) is 0.562. The first-order chi connectivity index (χ1) is 7.63. The Labute approximate surface area is 96.0 Å². The van der Waals surface area contributed by atoms with Gasteiger partial charge in [-0.05, 0) is 19.3 Å². The minimum Gasteiger partial charge on any atom is -0.481 e. The third kappa shape index (κ3) is 12.7. The van der Waals surface area contributed by atoms with E-state index in [4.69, 9.17) is 10.2 Å². The van der Waals surface area contributed by atoms with Crippen molar-refractivity contribution in [3.63, 3.8) is 0 Å². The second-order valence-electron chi connectivity index (χ2n) is 3.63. The molecule has 0 saturated carbocycles. The Kier molecular flexibility index (Phi) is 9.36. The molecule has 4 nitrogen and oxygen atoms in total. The molecule has 0 spiro atoms. The zero-order valence-corrected chi connectivity index (χ0v) is 9.39. The van der Waals surface area contributed by atoms with Gasteiger partial charge in [0.2, 0.25) is 0 Å². The zero-order chi connectivity index (χ0) is 12.2. The molecule has 0 heterocycles. The topological polar surface area (TPSA) is 74.6 Å². The van der Waals surface area contributed by atoms with Gasteiger partial charge in [0.05, 0.1) is 6.42 Å². The first-order valence-corrected chi connectivity index (χ1v) is 5.57. The van der Waals surface area contributed by atoms with Gasteiger partial charge in [0, 0.05) is 6.42 Å². The van der Waals surface area contributed by atoms with Crippen molar-refractivity contribution in [1.29, 1.82) is 0 Å². The fourth-order valence-corrected chi connectivity index (χ4v) is 1.32. The van der Waals surface area contributed by atoms with Gasteiger partial charge in [-0.25, -0.2) is 0 Å². The molecule has 0 unspecified atom stereocenters. The molecule has 0 fully saturated rings. The highest BCUT2D eigenvalue weighted by molar-refractivity contribution is 5.79. The molecule has 0 aliphatic carbocycles. The second kappa shape index (κ2) is 10.2. The van der Waals surface area contributed by atoms with E-state index < -0.39 is 11.9 Å². The monoisotopic (exact) mass is 227 g/mol. The smallest absolute Gasteiger partial charge is 0.311 e. The highest BCUT2D eigenvalue weighted by Crippen LogP contribution is 2.07. The normalized spacial score (nSPS) is 10.8. The number of hydrogen-bond acceptors (Lipinski definition) is 2. The summed E-state index contributed by atoms with van der Waals surface area (Å²) in [6.07, 6.45) is 10.5. The Bertz CT molecular complexity index is 233. The predicted molar refractivity (Wildman–Crippen MR) is 61.0 cm³/mol. The minimum absolute atomic E-state index is 0.257. The maximum atomic E-state index is 10.2. The van der Waals surface area contributed by atoms with Gasteiger partial charge in [0.1, 0.15) is 0 Å². The second-order valence-corrected chi connectivity index (χ2v) is 3.63. The third-order valence-corrected chi connectivity index (χ3v) is 2.14. The molecule has 4 heteroatoms. The molecule has 16 heavy (non-hydrogen) atoms. The van der Waals surface area contributed by atoms with Crippen molar-refractivity contribution >= 4 is 11.9 Å². The summed E-state index contributed by atoms with van der Waals surface area (Å²) >= 11 is 0. The Balaban J connectivity index is 3.12. The van der Waals surface area contributed by atoms with Crippen LogP contribution in [0.15, 0.2) is 12.2 Å². The van der Waals surface area contributed by atoms with Crippen molar-refractivity contribution in [2.45, 2.75) is 44.9 Å². The summed E-state index contributed by atoms with van der Waals surface area (Å²) in [6, 6.07) is 0. The average molecular weight is 227 g/mol. The average Bonchev–Trinajstić information content (AvgIpc) is 2.20. The van der Waals surface area contributed by atoms with Crippen LogP contribution >= 0.6 is 0 Å². The Hall–Kier alpha value is -1.32. The Morgan fingerprint density at radius 2 is 1.56 bits per heavy atom. The standard InChI is InChI=1S/C12H19O4/c13-11(14)9-7-5-3-1-2-4-6-8-10-12(15)16/h5,7,9H,1-4,6,8,10H2,(H,13,14)(H,15,16). The van der Waals surface area contributed by atoms with Crippen molar-refractivity contribution < 1.29 is 19.8 Å². The number of carbonyl (C=O) groups is 2. The number of aliphatic carboxylic acids is 2. The molecular weight excluding hydrogens is 208 g/mol. The van der Waals surface area contributed by atoms with Crippen LogP contribution in [0.4, 0.5) is 0 Å². The van der Waals surface area contributed by atoms with Gasteiger partial charge in [-0.3, -0.25) is 9.59 Å². The van der Waals surface area contributed by atoms with Crippen LogP contribution in [0.5, 0.6) is 0 Å². The summed E-state index contributed by atoms with van der Waals surface area (Å²) in [7, 11) is 0. The lowest BCUT2D eigenvalue weighted by atomic mass is 10.1. The van der Waals surface area contributed by atoms with Crippen LogP contribution < -0.4 is 0 Å². The van der Waals surface area contributed by atoms with Gasteiger partial charge in [0.15, 0.2) is 0 Å². The maximum Gasteiger partial charge on any atom is 0.311 e. The van der Waals surface area contributed by atoms with E-state index in [9.17, 15) is 9.59 Å². The van der Waals surface area contributed by atoms with Crippen molar-refractivity contribution in [2.24, 2.45) is 0 Å². The largest absolute Gasteiger partial charge is 0.481 e. The number of carboxylic acid groups (broad SMARTS) is 2. The van der Waals surface area contributed by atoms with Crippen LogP contribution in [0.2, 0.25) is 0 Å². The lowest BCUT2D eigenvalue weighted by Gasteiger charge is -1.97. The number of unbranched alkanes of at least 4 members (excludes halogenated alkanes) is 5. The molecule has 0 saturated heterocycles. The minimum atomic E-state index is -0.926. The van der Waals surface area contributed by atoms with Crippen molar-refractivity contribution in [3.05, 3.63) is 18.6 Å². The fourth-order valence-electron chi connectivity index (χ4n) is 1.32. The summed E-state index contributed by atoms with van der Waals surface area (Å²) in [5.74, 6) is -1.66. The molecule has 1 radical (unpaired) electrons. The van der Waals surface area contributed by atoms with Crippen LogP contribution in [0.1, 0.15) is 44.9 Å². The van der Waals surface area contributed by atoms with E-state index in [1.807, 2.05) is 6.08 Å². The van der Waals surface area contributed by atoms with E-state index in [0.717, 1.165) is 44.9 Å². The van der Waals surface area contributed by atoms with E-state index in [1.165, 1.54) is 0 Å². The van der Waals surface area contributed by atoms with Crippen LogP contribution in [0.25, 0.3) is 0 Å². The fraction of sp³-hybridized carbons (Fsp3) is 0.583. The van der Waals surface area contributed by atoms with Gasteiger partial charge >= 0.3 is 11.9 Å². The Morgan fingerprint density at radius 1 is 0.938 bits per heavy atom. The first kappa shape index (κ1) is 14.7. The molecule has 0 aliphatic heterocycles. The number of hydrogen-bond donors (Lipinski definition) is 2. The van der Waals surface area contributed by atoms with Gasteiger partial charge in [-0.2, -0.15) is 0 Å². The molecule has 0 amide bonds. The van der Waals surface area contributed by atoms with Crippen LogP contribution in [0, 0.1) is 6.42 Å². The van der Waals surface area contributed by atoms with Crippen LogP contribution in [0.3, 0.4) is 0 Å². The van der Waals surface area contributed by atoms with E-state index in [1.54, 1.807) is 6.08 Å². The molecule has 0 aromatic heterocycles. The molecule has 0 atom stereocenters. The van der Waals surface area contributed by atoms with E-state index in [2.05, 4.69) is 0 Å². The predicted octanol–water partition coefficient (Wildman–Crippen LogP) is 2.65. The number of carboxylic acids is 2. The van der Waals surface area contributed by atoms with Gasteiger partial charge in [-0.15, -0.1) is 0 Å². The molecule has 0 aromatic rings. The molecule has 91 valence electrons. The Morgan fingerprint density at radius 3 is 2.19 bits per heavy atom. The van der Waals surface area contributed by atoms with Gasteiger partial charge < -0.3 is 10.2 Å². The molecule has 0 bridgehead atoms. The van der Waals surface area contributed by atoms with Crippen molar-refractivity contribution in [1.82, 2.24) is 0 Å². The summed E-state index contributed by atoms with van der Waals surface area (Å²) in [5, 5.41) is 16.7. The summed E-state index contributed by atoms with van der Waals surface area (Å²) in [4.78, 5) is 20.3. The van der Waals surface area contributed by atoms with Crippen LogP contribution in [-0.4, -0.2) is 22.2 Å². The number of allylic oxidation sites excluding steroid dienone is 1. The van der Waals surface area contributed by atoms with E-state index in [0.29, 0.717) is 0 Å². The molecule has 0 aliphatic rings. The van der Waals surface area contributed by atoms with Crippen molar-refractivity contribution in [3.8, 4) is 0 Å². The summed E-state index contributed by atoms with van der Waals surface area (Å²) < 4.78 is 0. The highest BCUT2D eigenvalue weighted by Gasteiger charge is 1.96. The summed E-state index contributed by atoms with van der Waals surface area (Å²) in [6.45, 7) is 0. The molecule has 0 rings (SSSR count). The maximum absolute atomic E-state index is 10.2.